The Morgan fingerprint density at radius 3 is 2.83 bits per heavy atom. The molecule has 36 heavy (non-hydrogen) atoms. The van der Waals surface area contributed by atoms with Gasteiger partial charge in [-0.05, 0) is 73.2 Å². The topological polar surface area (TPSA) is 117 Å². The highest BCUT2D eigenvalue weighted by atomic mass is 32.1. The number of hydrogen-bond acceptors (Lipinski definition) is 8. The molecule has 0 aliphatic heterocycles. The molecule has 0 radical (unpaired) electrons. The van der Waals surface area contributed by atoms with Gasteiger partial charge in [0, 0.05) is 18.5 Å². The molecule has 9 heteroatoms. The van der Waals surface area contributed by atoms with Crippen LogP contribution in [0.2, 0.25) is 0 Å². The second kappa shape index (κ2) is 9.67. The van der Waals surface area contributed by atoms with Crippen LogP contribution < -0.4 is 10.1 Å². The number of aryl methyl sites for hydroxylation is 2. The van der Waals surface area contributed by atoms with Crippen molar-refractivity contribution in [1.82, 2.24) is 15.0 Å². The molecule has 5 rings (SSSR count). The number of aromatic carboxylic acids is 1. The van der Waals surface area contributed by atoms with E-state index in [4.69, 9.17) is 9.72 Å². The summed E-state index contributed by atoms with van der Waals surface area (Å²) in [5.41, 5.74) is 2.28. The molecule has 0 amide bonds. The number of rotatable bonds is 8. The Kier molecular flexibility index (Phi) is 6.42. The first kappa shape index (κ1) is 23.9. The van der Waals surface area contributed by atoms with E-state index in [1.54, 1.807) is 24.5 Å². The Morgan fingerprint density at radius 2 is 2.03 bits per heavy atom. The molecular weight excluding hydrogens is 476 g/mol. The van der Waals surface area contributed by atoms with Gasteiger partial charge in [0.25, 0.3) is 0 Å². The minimum absolute atomic E-state index is 0.221. The standard InChI is InChI=1S/C27H26N4O4S/c1-3-10-35-19-7-9-28-23(14-19)31-24-12-16(2)11-21(30-24)22-15-29-26(36-22)27(34)8-6-17-13-18(25(32)33)4-5-20(17)27/h4-5,7,9,11-15,34H,3,6,8,10H2,1-2H3,(H,32,33)(H,28,30,31). The smallest absolute Gasteiger partial charge is 0.335 e. The number of benzene rings is 1. The van der Waals surface area contributed by atoms with E-state index < -0.39 is 11.6 Å². The molecule has 3 N–H and O–H groups in total. The summed E-state index contributed by atoms with van der Waals surface area (Å²) in [5, 5.41) is 24.6. The first-order valence-electron chi connectivity index (χ1n) is 11.8. The Hall–Kier alpha value is -3.82. The summed E-state index contributed by atoms with van der Waals surface area (Å²) >= 11 is 1.39. The second-order valence-corrected chi connectivity index (χ2v) is 9.86. The van der Waals surface area contributed by atoms with Crippen molar-refractivity contribution in [3.05, 3.63) is 82.1 Å². The monoisotopic (exact) mass is 502 g/mol. The molecule has 0 bridgehead atoms. The Morgan fingerprint density at radius 1 is 1.17 bits per heavy atom. The van der Waals surface area contributed by atoms with Crippen molar-refractivity contribution in [3.63, 3.8) is 0 Å². The lowest BCUT2D eigenvalue weighted by Gasteiger charge is -2.21. The van der Waals surface area contributed by atoms with Crippen LogP contribution in [0.1, 0.15) is 51.8 Å². The number of carboxylic acid groups (broad SMARTS) is 1. The maximum atomic E-state index is 11.5. The number of carboxylic acids is 1. The summed E-state index contributed by atoms with van der Waals surface area (Å²) in [7, 11) is 0. The minimum atomic E-state index is -1.25. The molecule has 184 valence electrons. The normalized spacial score (nSPS) is 16.5. The van der Waals surface area contributed by atoms with E-state index in [2.05, 4.69) is 22.2 Å². The number of aromatic nitrogens is 3. The van der Waals surface area contributed by atoms with E-state index in [9.17, 15) is 15.0 Å². The number of pyridine rings is 2. The summed E-state index contributed by atoms with van der Waals surface area (Å²) in [6.07, 6.45) is 5.39. The first-order valence-corrected chi connectivity index (χ1v) is 12.6. The van der Waals surface area contributed by atoms with E-state index in [1.165, 1.54) is 17.4 Å². The molecule has 1 aromatic carbocycles. The summed E-state index contributed by atoms with van der Waals surface area (Å²) in [5.74, 6) is 1.05. The van der Waals surface area contributed by atoms with Crippen LogP contribution >= 0.6 is 11.3 Å². The highest BCUT2D eigenvalue weighted by molar-refractivity contribution is 7.15. The van der Waals surface area contributed by atoms with Gasteiger partial charge in [0.05, 0.1) is 22.7 Å². The second-order valence-electron chi connectivity index (χ2n) is 8.83. The van der Waals surface area contributed by atoms with Gasteiger partial charge >= 0.3 is 5.97 Å². The van der Waals surface area contributed by atoms with Crippen molar-refractivity contribution < 1.29 is 19.7 Å². The number of thiazole rings is 1. The van der Waals surface area contributed by atoms with Crippen LogP contribution in [0.5, 0.6) is 5.75 Å². The molecule has 4 aromatic rings. The van der Waals surface area contributed by atoms with Crippen molar-refractivity contribution >= 4 is 28.9 Å². The average molecular weight is 503 g/mol. The number of nitrogens with one attached hydrogen (secondary N) is 1. The summed E-state index contributed by atoms with van der Waals surface area (Å²) in [6, 6.07) is 12.4. The van der Waals surface area contributed by atoms with Crippen LogP contribution in [0.4, 0.5) is 11.6 Å². The Bertz CT molecular complexity index is 1440. The molecule has 3 aromatic heterocycles. The van der Waals surface area contributed by atoms with Gasteiger partial charge in [0.1, 0.15) is 28.0 Å². The number of ether oxygens (including phenoxy) is 1. The predicted molar refractivity (Wildman–Crippen MR) is 138 cm³/mol. The molecule has 1 unspecified atom stereocenters. The van der Waals surface area contributed by atoms with Gasteiger partial charge in [-0.25, -0.2) is 19.7 Å². The van der Waals surface area contributed by atoms with Crippen LogP contribution in [-0.4, -0.2) is 37.7 Å². The number of carbonyl (C=O) groups is 1. The highest BCUT2D eigenvalue weighted by Gasteiger charge is 2.41. The molecule has 0 saturated heterocycles. The lowest BCUT2D eigenvalue weighted by atomic mass is 9.96. The van der Waals surface area contributed by atoms with Crippen LogP contribution in [0.3, 0.4) is 0 Å². The lowest BCUT2D eigenvalue weighted by molar-refractivity contribution is 0.0695. The van der Waals surface area contributed by atoms with Gasteiger partial charge in [0.15, 0.2) is 0 Å². The van der Waals surface area contributed by atoms with Gasteiger partial charge in [-0.2, -0.15) is 0 Å². The van der Waals surface area contributed by atoms with Crippen molar-refractivity contribution in [2.45, 2.75) is 38.7 Å². The molecule has 1 aliphatic rings. The molecule has 0 saturated carbocycles. The first-order chi connectivity index (χ1) is 17.4. The molecule has 0 fully saturated rings. The minimum Gasteiger partial charge on any atom is -0.493 e. The van der Waals surface area contributed by atoms with E-state index >= 15 is 0 Å². The molecule has 3 heterocycles. The van der Waals surface area contributed by atoms with E-state index in [0.717, 1.165) is 33.9 Å². The molecule has 0 spiro atoms. The van der Waals surface area contributed by atoms with E-state index in [1.807, 2.05) is 31.2 Å². The number of hydrogen-bond donors (Lipinski definition) is 3. The van der Waals surface area contributed by atoms with E-state index in [0.29, 0.717) is 41.7 Å². The molecule has 8 nitrogen and oxygen atoms in total. The fourth-order valence-corrected chi connectivity index (χ4v) is 5.38. The lowest BCUT2D eigenvalue weighted by Crippen LogP contribution is -2.23. The number of nitrogens with zero attached hydrogens (tertiary/aromatic N) is 3. The van der Waals surface area contributed by atoms with Crippen LogP contribution in [0, 0.1) is 6.92 Å². The molecule has 1 atom stereocenters. The number of aliphatic hydroxyl groups is 1. The third-order valence-electron chi connectivity index (χ3n) is 6.10. The van der Waals surface area contributed by atoms with Gasteiger partial charge in [-0.3, -0.25) is 0 Å². The Labute approximate surface area is 212 Å². The van der Waals surface area contributed by atoms with E-state index in [-0.39, 0.29) is 5.56 Å². The fraction of sp³-hybridized carbons (Fsp3) is 0.259. The SMILES string of the molecule is CCCOc1ccnc(Nc2cc(C)cc(-c3cnc(C4(O)CCc5cc(C(=O)O)ccc54)s3)n2)c1. The van der Waals surface area contributed by atoms with Gasteiger partial charge < -0.3 is 20.3 Å². The number of fused-ring (bicyclic) bond motifs is 1. The zero-order chi connectivity index (χ0) is 25.3. The highest BCUT2D eigenvalue weighted by Crippen LogP contribution is 2.45. The van der Waals surface area contributed by atoms with Crippen molar-refractivity contribution in [3.8, 4) is 16.3 Å². The summed E-state index contributed by atoms with van der Waals surface area (Å²) < 4.78 is 5.69. The zero-order valence-electron chi connectivity index (χ0n) is 20.0. The van der Waals surface area contributed by atoms with Crippen LogP contribution in [0.15, 0.2) is 54.9 Å². The molecular formula is C27H26N4O4S. The Balaban J connectivity index is 1.41. The largest absolute Gasteiger partial charge is 0.493 e. The van der Waals surface area contributed by atoms with Crippen LogP contribution in [0.25, 0.3) is 10.6 Å². The van der Waals surface area contributed by atoms with Crippen LogP contribution in [-0.2, 0) is 12.0 Å². The zero-order valence-corrected chi connectivity index (χ0v) is 20.8. The molecule has 1 aliphatic carbocycles. The van der Waals surface area contributed by atoms with Crippen molar-refractivity contribution in [1.29, 1.82) is 0 Å². The average Bonchev–Trinajstić information content (AvgIpc) is 3.49. The van der Waals surface area contributed by atoms with Crippen molar-refractivity contribution in [2.75, 3.05) is 11.9 Å². The quantitative estimate of drug-likeness (QED) is 0.296. The fourth-order valence-electron chi connectivity index (χ4n) is 4.37. The van der Waals surface area contributed by atoms with Gasteiger partial charge in [-0.15, -0.1) is 11.3 Å². The summed E-state index contributed by atoms with van der Waals surface area (Å²) in [6.45, 7) is 4.69. The summed E-state index contributed by atoms with van der Waals surface area (Å²) in [4.78, 5) is 25.8. The van der Waals surface area contributed by atoms with Gasteiger partial charge in [-0.1, -0.05) is 13.0 Å². The predicted octanol–water partition coefficient (Wildman–Crippen LogP) is 5.32. The maximum absolute atomic E-state index is 11.5. The maximum Gasteiger partial charge on any atom is 0.335 e. The van der Waals surface area contributed by atoms with Crippen molar-refractivity contribution in [2.24, 2.45) is 0 Å². The third kappa shape index (κ3) is 4.67. The van der Waals surface area contributed by atoms with Gasteiger partial charge in [0.2, 0.25) is 0 Å². The number of anilines is 2. The third-order valence-corrected chi connectivity index (χ3v) is 7.27.